The number of hydrogen-bond acceptors (Lipinski definition) is 5. The number of nitrogens with zero attached hydrogens (tertiary/aromatic N) is 2. The van der Waals surface area contributed by atoms with Gasteiger partial charge in [-0.25, -0.2) is 8.42 Å². The van der Waals surface area contributed by atoms with Gasteiger partial charge in [-0.2, -0.15) is 0 Å². The normalized spacial score (nSPS) is 11.9. The van der Waals surface area contributed by atoms with Gasteiger partial charge in [-0.3, -0.25) is 13.9 Å². The number of carbonyl (C=O) groups is 2. The van der Waals surface area contributed by atoms with Crippen LogP contribution in [0.3, 0.4) is 0 Å². The lowest BCUT2D eigenvalue weighted by molar-refractivity contribution is -0.140. The number of hydrogen-bond donors (Lipinski definition) is 1. The van der Waals surface area contributed by atoms with E-state index < -0.39 is 28.5 Å². The number of sulfonamides is 1. The average Bonchev–Trinajstić information content (AvgIpc) is 2.91. The van der Waals surface area contributed by atoms with Crippen LogP contribution in [0.15, 0.2) is 77.7 Å². The number of nitrogens with one attached hydrogen (secondary N) is 1. The van der Waals surface area contributed by atoms with Gasteiger partial charge in [0, 0.05) is 13.6 Å². The highest BCUT2D eigenvalue weighted by Crippen LogP contribution is 2.32. The third kappa shape index (κ3) is 6.65. The van der Waals surface area contributed by atoms with Gasteiger partial charge < -0.3 is 15.0 Å². The summed E-state index contributed by atoms with van der Waals surface area (Å²) in [6.45, 7) is 3.33. The van der Waals surface area contributed by atoms with Crippen molar-refractivity contribution in [1.29, 1.82) is 0 Å². The second-order valence-corrected chi connectivity index (χ2v) is 11.0. The number of amides is 2. The van der Waals surface area contributed by atoms with Gasteiger partial charge >= 0.3 is 0 Å². The second-order valence-electron chi connectivity index (χ2n) is 8.69. The van der Waals surface area contributed by atoms with E-state index in [-0.39, 0.29) is 28.1 Å². The lowest BCUT2D eigenvalue weighted by atomic mass is 10.1. The summed E-state index contributed by atoms with van der Waals surface area (Å²) in [5.74, 6) is -0.502. The largest absolute Gasteiger partial charge is 0.495 e. The summed E-state index contributed by atoms with van der Waals surface area (Å²) in [5, 5.41) is 2.81. The Morgan fingerprint density at radius 2 is 1.74 bits per heavy atom. The smallest absolute Gasteiger partial charge is 0.264 e. The van der Waals surface area contributed by atoms with Gasteiger partial charge in [0.2, 0.25) is 11.8 Å². The van der Waals surface area contributed by atoms with Crippen LogP contribution in [-0.2, 0) is 26.2 Å². The molecule has 0 heterocycles. The first-order valence-corrected chi connectivity index (χ1v) is 13.9. The fraction of sp³-hybridized carbons (Fsp3) is 0.286. The molecule has 0 bridgehead atoms. The fourth-order valence-corrected chi connectivity index (χ4v) is 5.83. The second kappa shape index (κ2) is 12.8. The topological polar surface area (TPSA) is 96.0 Å². The maximum Gasteiger partial charge on any atom is 0.264 e. The number of carbonyl (C=O) groups excluding carboxylic acids is 2. The molecule has 2 amide bonds. The van der Waals surface area contributed by atoms with Gasteiger partial charge in [-0.1, -0.05) is 66.6 Å². The molecular formula is C28H32ClN3O5S. The number of likely N-dealkylation sites (N-methyl/N-ethyl adjacent to an activating group) is 1. The molecule has 1 unspecified atom stereocenters. The van der Waals surface area contributed by atoms with Crippen LogP contribution in [0.4, 0.5) is 5.69 Å². The molecule has 0 aliphatic rings. The standard InChI is InChI=1S/C28H32ClN3O5S/c1-5-25(28(34)30-3)31(18-21-11-9-10-20(2)16-21)27(33)19-32(22-14-15-26(37-4)24(29)17-22)38(35,36)23-12-7-6-8-13-23/h6-17,25H,5,18-19H2,1-4H3,(H,30,34). The minimum atomic E-state index is -4.17. The first-order valence-electron chi connectivity index (χ1n) is 12.1. The van der Waals surface area contributed by atoms with Gasteiger partial charge in [0.15, 0.2) is 0 Å². The minimum absolute atomic E-state index is 0.0170. The summed E-state index contributed by atoms with van der Waals surface area (Å²) in [7, 11) is -1.21. The number of methoxy groups -OCH3 is 1. The van der Waals surface area contributed by atoms with E-state index in [0.717, 1.165) is 15.4 Å². The quantitative estimate of drug-likeness (QED) is 0.377. The Morgan fingerprint density at radius 1 is 1.03 bits per heavy atom. The van der Waals surface area contributed by atoms with Crippen molar-refractivity contribution in [2.45, 2.75) is 37.8 Å². The highest BCUT2D eigenvalue weighted by Gasteiger charge is 2.33. The van der Waals surface area contributed by atoms with Crippen molar-refractivity contribution in [2.75, 3.05) is 25.0 Å². The zero-order valence-corrected chi connectivity index (χ0v) is 23.4. The van der Waals surface area contributed by atoms with Crippen molar-refractivity contribution >= 4 is 39.1 Å². The van der Waals surface area contributed by atoms with Crippen LogP contribution >= 0.6 is 11.6 Å². The van der Waals surface area contributed by atoms with E-state index in [2.05, 4.69) is 5.32 Å². The van der Waals surface area contributed by atoms with E-state index in [1.54, 1.807) is 31.2 Å². The van der Waals surface area contributed by atoms with Crippen LogP contribution in [0.25, 0.3) is 0 Å². The molecule has 38 heavy (non-hydrogen) atoms. The summed E-state index contributed by atoms with van der Waals surface area (Å²) >= 11 is 6.33. The zero-order valence-electron chi connectivity index (χ0n) is 21.8. The molecule has 0 spiro atoms. The van der Waals surface area contributed by atoms with Crippen LogP contribution in [0.1, 0.15) is 24.5 Å². The van der Waals surface area contributed by atoms with E-state index in [1.165, 1.54) is 43.3 Å². The van der Waals surface area contributed by atoms with Crippen LogP contribution in [0.5, 0.6) is 5.75 Å². The summed E-state index contributed by atoms with van der Waals surface area (Å²) in [6.07, 6.45) is 0.344. The summed E-state index contributed by atoms with van der Waals surface area (Å²) in [5.41, 5.74) is 2.02. The van der Waals surface area contributed by atoms with E-state index in [0.29, 0.717) is 12.2 Å². The maximum atomic E-state index is 13.9. The number of halogens is 1. The molecule has 0 fully saturated rings. The third-order valence-corrected chi connectivity index (χ3v) is 8.18. The van der Waals surface area contributed by atoms with E-state index >= 15 is 0 Å². The fourth-order valence-electron chi connectivity index (χ4n) is 4.15. The summed E-state index contributed by atoms with van der Waals surface area (Å²) < 4.78 is 33.8. The van der Waals surface area contributed by atoms with Gasteiger partial charge in [-0.05, 0) is 49.2 Å². The Hall–Kier alpha value is -3.56. The SMILES string of the molecule is CCC(C(=O)NC)N(Cc1cccc(C)c1)C(=O)CN(c1ccc(OC)c(Cl)c1)S(=O)(=O)c1ccccc1. The molecule has 202 valence electrons. The van der Waals surface area contributed by atoms with Crippen molar-refractivity contribution in [3.8, 4) is 5.75 Å². The molecule has 1 atom stereocenters. The van der Waals surface area contributed by atoms with Crippen molar-refractivity contribution in [3.05, 3.63) is 88.9 Å². The van der Waals surface area contributed by atoms with Crippen LogP contribution in [-0.4, -0.2) is 51.9 Å². The molecule has 0 radical (unpaired) electrons. The van der Waals surface area contributed by atoms with Gasteiger partial charge in [0.1, 0.15) is 18.3 Å². The van der Waals surface area contributed by atoms with Gasteiger partial charge in [0.25, 0.3) is 10.0 Å². The molecule has 3 rings (SSSR count). The van der Waals surface area contributed by atoms with Crippen LogP contribution in [0.2, 0.25) is 5.02 Å². The molecule has 0 aromatic heterocycles. The zero-order chi connectivity index (χ0) is 27.9. The summed E-state index contributed by atoms with van der Waals surface area (Å²) in [6, 6.07) is 19.2. The maximum absolute atomic E-state index is 13.9. The lowest BCUT2D eigenvalue weighted by Crippen LogP contribution is -2.51. The molecule has 3 aromatic rings. The van der Waals surface area contributed by atoms with Crippen molar-refractivity contribution in [2.24, 2.45) is 0 Å². The predicted octanol–water partition coefficient (Wildman–Crippen LogP) is 4.41. The first-order chi connectivity index (χ1) is 18.1. The number of rotatable bonds is 11. The van der Waals surface area contributed by atoms with E-state index in [9.17, 15) is 18.0 Å². The van der Waals surface area contributed by atoms with Crippen molar-refractivity contribution in [1.82, 2.24) is 10.2 Å². The van der Waals surface area contributed by atoms with Crippen LogP contribution < -0.4 is 14.4 Å². The molecule has 0 saturated carbocycles. The first kappa shape index (κ1) is 29.0. The van der Waals surface area contributed by atoms with Gasteiger partial charge in [-0.15, -0.1) is 0 Å². The third-order valence-electron chi connectivity index (χ3n) is 6.10. The molecule has 0 aliphatic carbocycles. The van der Waals surface area contributed by atoms with E-state index in [4.69, 9.17) is 16.3 Å². The molecule has 1 N–H and O–H groups in total. The van der Waals surface area contributed by atoms with Crippen LogP contribution in [0, 0.1) is 6.92 Å². The van der Waals surface area contributed by atoms with E-state index in [1.807, 2.05) is 31.2 Å². The highest BCUT2D eigenvalue weighted by molar-refractivity contribution is 7.92. The number of ether oxygens (including phenoxy) is 1. The Bertz CT molecular complexity index is 1380. The molecule has 0 saturated heterocycles. The average molecular weight is 558 g/mol. The molecule has 3 aromatic carbocycles. The number of benzene rings is 3. The molecule has 0 aliphatic heterocycles. The van der Waals surface area contributed by atoms with Crippen molar-refractivity contribution < 1.29 is 22.7 Å². The number of aryl methyl sites for hydroxylation is 1. The summed E-state index contributed by atoms with van der Waals surface area (Å²) in [4.78, 5) is 28.1. The van der Waals surface area contributed by atoms with Crippen molar-refractivity contribution in [3.63, 3.8) is 0 Å². The Kier molecular flexibility index (Phi) is 9.77. The Balaban J connectivity index is 2.08. The molecule has 10 heteroatoms. The Morgan fingerprint density at radius 3 is 2.32 bits per heavy atom. The van der Waals surface area contributed by atoms with Gasteiger partial charge in [0.05, 0.1) is 22.7 Å². The Labute approximate surface area is 229 Å². The monoisotopic (exact) mass is 557 g/mol. The predicted molar refractivity (Wildman–Crippen MR) is 149 cm³/mol. The minimum Gasteiger partial charge on any atom is -0.495 e. The molecular weight excluding hydrogens is 526 g/mol. The lowest BCUT2D eigenvalue weighted by Gasteiger charge is -2.33. The number of anilines is 1. The molecule has 8 nitrogen and oxygen atoms in total. The highest BCUT2D eigenvalue weighted by atomic mass is 35.5.